The number of hydrogen-bond acceptors (Lipinski definition) is 2. The molecular formula is C17H42N2O2. The van der Waals surface area contributed by atoms with Gasteiger partial charge in [-0.3, -0.25) is 0 Å². The first-order valence-corrected chi connectivity index (χ1v) is 8.43. The van der Waals surface area contributed by atoms with Crippen molar-refractivity contribution in [2.24, 2.45) is 0 Å². The van der Waals surface area contributed by atoms with Crippen LogP contribution in [0.4, 0.5) is 0 Å². The molecule has 21 heavy (non-hydrogen) atoms. The van der Waals surface area contributed by atoms with Gasteiger partial charge in [-0.15, -0.1) is 0 Å². The zero-order valence-corrected chi connectivity index (χ0v) is 15.4. The molecule has 0 amide bonds. The van der Waals surface area contributed by atoms with Crippen LogP contribution in [-0.2, 0) is 0 Å². The first kappa shape index (κ1) is 25.8. The Morgan fingerprint density at radius 2 is 1.10 bits per heavy atom. The molecule has 0 saturated carbocycles. The van der Waals surface area contributed by atoms with E-state index in [1.54, 1.807) is 0 Å². The van der Waals surface area contributed by atoms with Crippen LogP contribution in [0.2, 0.25) is 0 Å². The molecule has 2 saturated heterocycles. The molecule has 2 unspecified atom stereocenters. The van der Waals surface area contributed by atoms with Crippen molar-refractivity contribution in [1.29, 1.82) is 0 Å². The standard InChI is InChI=1S/2C6H13N.C5H12.2H2O/c2*1-6-4-3-5-7(6)2;1-3-5-4-2;;/h2*6H,3-5H2,1-2H3;3-5H2,1-2H3;2*1H2. The van der Waals surface area contributed by atoms with Gasteiger partial charge < -0.3 is 20.8 Å². The lowest BCUT2D eigenvalue weighted by Gasteiger charge is -2.12. The van der Waals surface area contributed by atoms with Crippen molar-refractivity contribution in [3.05, 3.63) is 0 Å². The maximum absolute atomic E-state index is 2.40. The van der Waals surface area contributed by atoms with E-state index in [2.05, 4.69) is 51.6 Å². The molecule has 2 fully saturated rings. The van der Waals surface area contributed by atoms with Gasteiger partial charge in [-0.1, -0.05) is 33.1 Å². The summed E-state index contributed by atoms with van der Waals surface area (Å²) in [5.74, 6) is 0. The molecule has 4 N–H and O–H groups in total. The number of rotatable bonds is 2. The fourth-order valence-electron chi connectivity index (χ4n) is 2.51. The van der Waals surface area contributed by atoms with Crippen molar-refractivity contribution in [3.63, 3.8) is 0 Å². The predicted octanol–water partition coefficient (Wildman–Crippen LogP) is 2.75. The maximum atomic E-state index is 2.40. The SMILES string of the molecule is CC1CCCN1C.CC1CCCN1C.CCCCC.O.O. The van der Waals surface area contributed by atoms with Gasteiger partial charge in [-0.05, 0) is 66.7 Å². The molecule has 0 radical (unpaired) electrons. The third-order valence-electron chi connectivity index (χ3n) is 4.48. The Bertz CT molecular complexity index is 167. The van der Waals surface area contributed by atoms with Crippen molar-refractivity contribution in [2.45, 2.75) is 84.7 Å². The quantitative estimate of drug-likeness (QED) is 0.787. The first-order valence-electron chi connectivity index (χ1n) is 8.43. The summed E-state index contributed by atoms with van der Waals surface area (Å²) >= 11 is 0. The van der Waals surface area contributed by atoms with Crippen LogP contribution >= 0.6 is 0 Å². The molecule has 2 aliphatic heterocycles. The van der Waals surface area contributed by atoms with E-state index in [0.29, 0.717) is 0 Å². The largest absolute Gasteiger partial charge is 0.412 e. The van der Waals surface area contributed by atoms with Gasteiger partial charge in [0.2, 0.25) is 0 Å². The third kappa shape index (κ3) is 13.2. The van der Waals surface area contributed by atoms with Crippen molar-refractivity contribution < 1.29 is 11.0 Å². The highest BCUT2D eigenvalue weighted by Crippen LogP contribution is 2.13. The number of hydrogen-bond donors (Lipinski definition) is 0. The van der Waals surface area contributed by atoms with Crippen LogP contribution in [0.5, 0.6) is 0 Å². The van der Waals surface area contributed by atoms with E-state index in [1.807, 2.05) is 0 Å². The lowest BCUT2D eigenvalue weighted by molar-refractivity contribution is 0.331. The average Bonchev–Trinajstić information content (AvgIpc) is 2.93. The topological polar surface area (TPSA) is 69.5 Å². The summed E-state index contributed by atoms with van der Waals surface area (Å²) in [5, 5.41) is 0. The van der Waals surface area contributed by atoms with E-state index < -0.39 is 0 Å². The molecule has 0 spiro atoms. The smallest absolute Gasteiger partial charge is 0.00643 e. The summed E-state index contributed by atoms with van der Waals surface area (Å²) in [6.45, 7) is 11.6. The highest BCUT2D eigenvalue weighted by Gasteiger charge is 2.14. The predicted molar refractivity (Wildman–Crippen MR) is 95.1 cm³/mol. The second-order valence-corrected chi connectivity index (χ2v) is 6.30. The van der Waals surface area contributed by atoms with Crippen LogP contribution in [0.1, 0.15) is 72.6 Å². The molecule has 4 heteroatoms. The van der Waals surface area contributed by atoms with Crippen LogP contribution in [0.3, 0.4) is 0 Å². The minimum Gasteiger partial charge on any atom is -0.412 e. The summed E-state index contributed by atoms with van der Waals surface area (Å²) in [6, 6.07) is 1.69. The Balaban J connectivity index is -0.000000225. The second kappa shape index (κ2) is 16.2. The van der Waals surface area contributed by atoms with E-state index in [4.69, 9.17) is 0 Å². The van der Waals surface area contributed by atoms with Gasteiger partial charge >= 0.3 is 0 Å². The average molecular weight is 307 g/mol. The summed E-state index contributed by atoms with van der Waals surface area (Å²) in [7, 11) is 4.38. The van der Waals surface area contributed by atoms with Crippen molar-refractivity contribution in [2.75, 3.05) is 27.2 Å². The Hall–Kier alpha value is -0.160. The first-order chi connectivity index (χ1) is 9.02. The van der Waals surface area contributed by atoms with Gasteiger partial charge in [0.1, 0.15) is 0 Å². The van der Waals surface area contributed by atoms with Gasteiger partial charge in [0.15, 0.2) is 0 Å². The van der Waals surface area contributed by atoms with Gasteiger partial charge in [0, 0.05) is 12.1 Å². The van der Waals surface area contributed by atoms with E-state index >= 15 is 0 Å². The van der Waals surface area contributed by atoms with Crippen LogP contribution in [0.25, 0.3) is 0 Å². The van der Waals surface area contributed by atoms with Crippen molar-refractivity contribution in [1.82, 2.24) is 9.80 Å². The molecule has 4 nitrogen and oxygen atoms in total. The van der Waals surface area contributed by atoms with Gasteiger partial charge in [0.05, 0.1) is 0 Å². The monoisotopic (exact) mass is 306 g/mol. The van der Waals surface area contributed by atoms with Crippen LogP contribution in [0.15, 0.2) is 0 Å². The Labute approximate surface area is 133 Å². The van der Waals surface area contributed by atoms with E-state index in [0.717, 1.165) is 12.1 Å². The highest BCUT2D eigenvalue weighted by atomic mass is 16.0. The van der Waals surface area contributed by atoms with E-state index in [9.17, 15) is 0 Å². The Morgan fingerprint density at radius 1 is 0.762 bits per heavy atom. The molecule has 2 heterocycles. The Kier molecular flexibility index (Phi) is 19.9. The van der Waals surface area contributed by atoms with Gasteiger partial charge in [-0.2, -0.15) is 0 Å². The summed E-state index contributed by atoms with van der Waals surface area (Å²) < 4.78 is 0. The second-order valence-electron chi connectivity index (χ2n) is 6.30. The summed E-state index contributed by atoms with van der Waals surface area (Å²) in [5.41, 5.74) is 0. The Morgan fingerprint density at radius 3 is 1.14 bits per heavy atom. The van der Waals surface area contributed by atoms with Gasteiger partial charge in [0.25, 0.3) is 0 Å². The van der Waals surface area contributed by atoms with Crippen molar-refractivity contribution >= 4 is 0 Å². The summed E-state index contributed by atoms with van der Waals surface area (Å²) in [6.07, 6.45) is 9.68. The summed E-state index contributed by atoms with van der Waals surface area (Å²) in [4.78, 5) is 4.81. The number of unbranched alkanes of at least 4 members (excludes halogenated alkanes) is 2. The van der Waals surface area contributed by atoms with E-state index in [-0.39, 0.29) is 11.0 Å². The van der Waals surface area contributed by atoms with Crippen LogP contribution < -0.4 is 0 Å². The molecule has 0 aliphatic carbocycles. The third-order valence-corrected chi connectivity index (χ3v) is 4.48. The molecule has 2 atom stereocenters. The molecule has 0 aromatic rings. The molecule has 0 aromatic heterocycles. The fraction of sp³-hybridized carbons (Fsp3) is 1.00. The van der Waals surface area contributed by atoms with Crippen molar-refractivity contribution in [3.8, 4) is 0 Å². The molecule has 0 bridgehead atoms. The lowest BCUT2D eigenvalue weighted by Crippen LogP contribution is -2.20. The number of likely N-dealkylation sites (tertiary alicyclic amines) is 2. The maximum Gasteiger partial charge on any atom is 0.00643 e. The lowest BCUT2D eigenvalue weighted by atomic mass is 10.3. The molecule has 2 rings (SSSR count). The fourth-order valence-corrected chi connectivity index (χ4v) is 2.51. The molecule has 2 aliphatic rings. The zero-order chi connectivity index (χ0) is 14.7. The van der Waals surface area contributed by atoms with E-state index in [1.165, 1.54) is 58.0 Å². The minimum absolute atomic E-state index is 0. The van der Waals surface area contributed by atoms with Gasteiger partial charge in [-0.25, -0.2) is 0 Å². The zero-order valence-electron chi connectivity index (χ0n) is 15.4. The van der Waals surface area contributed by atoms with Crippen LogP contribution in [-0.4, -0.2) is 60.0 Å². The van der Waals surface area contributed by atoms with Crippen LogP contribution in [0, 0.1) is 0 Å². The normalized spacial score (nSPS) is 24.9. The molecule has 132 valence electrons. The number of nitrogens with zero attached hydrogens (tertiary/aromatic N) is 2. The molecular weight excluding hydrogens is 264 g/mol. The molecule has 0 aromatic carbocycles. The minimum atomic E-state index is 0. The highest BCUT2D eigenvalue weighted by molar-refractivity contribution is 4.71.